The van der Waals surface area contributed by atoms with Crippen molar-refractivity contribution in [1.29, 1.82) is 0 Å². The molecule has 1 heterocycles. The summed E-state index contributed by atoms with van der Waals surface area (Å²) in [4.78, 5) is 23.4. The number of hydrogen-bond acceptors (Lipinski definition) is 4. The lowest BCUT2D eigenvalue weighted by atomic mass is 9.93. The molecule has 4 unspecified atom stereocenters. The number of hydrogen-bond donors (Lipinski definition) is 3. The average molecular weight is 270 g/mol. The van der Waals surface area contributed by atoms with E-state index in [0.717, 1.165) is 25.7 Å². The second-order valence-corrected chi connectivity index (χ2v) is 5.51. The van der Waals surface area contributed by atoms with Gasteiger partial charge in [0.15, 0.2) is 0 Å². The van der Waals surface area contributed by atoms with Gasteiger partial charge in [0.2, 0.25) is 5.91 Å². The van der Waals surface area contributed by atoms with Gasteiger partial charge in [0.05, 0.1) is 25.0 Å². The van der Waals surface area contributed by atoms with Gasteiger partial charge in [-0.1, -0.05) is 19.3 Å². The Morgan fingerprint density at radius 1 is 1.11 bits per heavy atom. The summed E-state index contributed by atoms with van der Waals surface area (Å²) in [6, 6.07) is -0.561. The van der Waals surface area contributed by atoms with Crippen LogP contribution in [0.15, 0.2) is 0 Å². The van der Waals surface area contributed by atoms with Crippen LogP contribution < -0.4 is 11.1 Å². The first kappa shape index (κ1) is 14.3. The van der Waals surface area contributed by atoms with Crippen LogP contribution in [-0.4, -0.2) is 42.3 Å². The Kier molecular flexibility index (Phi) is 4.76. The predicted octanol–water partition coefficient (Wildman–Crippen LogP) is 0.110. The summed E-state index contributed by atoms with van der Waals surface area (Å²) in [5, 5.41) is 12.1. The summed E-state index contributed by atoms with van der Waals surface area (Å²) in [6.45, 7) is 0.725. The summed E-state index contributed by atoms with van der Waals surface area (Å²) >= 11 is 0. The molecule has 108 valence electrons. The second kappa shape index (κ2) is 6.34. The van der Waals surface area contributed by atoms with Crippen molar-refractivity contribution in [2.45, 2.75) is 44.2 Å². The largest absolute Gasteiger partial charge is 0.481 e. The zero-order chi connectivity index (χ0) is 13.8. The maximum atomic E-state index is 12.1. The molecule has 0 aromatic rings. The number of rotatable bonds is 3. The van der Waals surface area contributed by atoms with Gasteiger partial charge in [-0.3, -0.25) is 9.59 Å². The molecule has 4 N–H and O–H groups in total. The van der Waals surface area contributed by atoms with Crippen LogP contribution in [0.25, 0.3) is 0 Å². The van der Waals surface area contributed by atoms with E-state index in [-0.39, 0.29) is 23.9 Å². The average Bonchev–Trinajstić information content (AvgIpc) is 2.65. The van der Waals surface area contributed by atoms with Crippen molar-refractivity contribution in [2.24, 2.45) is 17.6 Å². The predicted molar refractivity (Wildman–Crippen MR) is 68.4 cm³/mol. The van der Waals surface area contributed by atoms with Gasteiger partial charge in [-0.15, -0.1) is 0 Å². The van der Waals surface area contributed by atoms with E-state index in [1.165, 1.54) is 0 Å². The molecule has 0 bridgehead atoms. The molecule has 2 aliphatic rings. The first-order chi connectivity index (χ1) is 9.09. The fourth-order valence-electron chi connectivity index (χ4n) is 2.91. The van der Waals surface area contributed by atoms with Crippen molar-refractivity contribution in [3.8, 4) is 0 Å². The first-order valence-corrected chi connectivity index (χ1v) is 6.96. The maximum Gasteiger partial charge on any atom is 0.308 e. The number of carbonyl (C=O) groups excluding carboxylic acids is 1. The highest BCUT2D eigenvalue weighted by molar-refractivity contribution is 5.81. The molecule has 6 nitrogen and oxygen atoms in total. The molecule has 1 aliphatic carbocycles. The minimum Gasteiger partial charge on any atom is -0.481 e. The summed E-state index contributed by atoms with van der Waals surface area (Å²) in [6.07, 6.45) is 4.26. The molecule has 1 saturated heterocycles. The van der Waals surface area contributed by atoms with Gasteiger partial charge in [0.1, 0.15) is 0 Å². The van der Waals surface area contributed by atoms with Gasteiger partial charge >= 0.3 is 5.97 Å². The number of nitrogens with two attached hydrogens (primary N) is 1. The van der Waals surface area contributed by atoms with Gasteiger partial charge in [-0.05, 0) is 12.8 Å². The van der Waals surface area contributed by atoms with Crippen molar-refractivity contribution >= 4 is 11.9 Å². The van der Waals surface area contributed by atoms with Crippen molar-refractivity contribution in [2.75, 3.05) is 13.2 Å². The lowest BCUT2D eigenvalue weighted by molar-refractivity contribution is -0.143. The Labute approximate surface area is 112 Å². The number of carbonyl (C=O) groups is 2. The molecule has 2 fully saturated rings. The summed E-state index contributed by atoms with van der Waals surface area (Å²) in [7, 11) is 0. The highest BCUT2D eigenvalue weighted by Gasteiger charge is 2.36. The van der Waals surface area contributed by atoms with Crippen molar-refractivity contribution in [1.82, 2.24) is 5.32 Å². The third kappa shape index (κ3) is 3.45. The van der Waals surface area contributed by atoms with E-state index in [2.05, 4.69) is 5.32 Å². The fourth-order valence-corrected chi connectivity index (χ4v) is 2.91. The first-order valence-electron chi connectivity index (χ1n) is 6.96. The molecule has 1 aliphatic heterocycles. The number of ether oxygens (including phenoxy) is 1. The maximum absolute atomic E-state index is 12.1. The zero-order valence-electron chi connectivity index (χ0n) is 11.0. The lowest BCUT2D eigenvalue weighted by Crippen LogP contribution is -2.48. The second-order valence-electron chi connectivity index (χ2n) is 5.51. The number of carboxylic acid groups (broad SMARTS) is 1. The van der Waals surface area contributed by atoms with Crippen LogP contribution in [0.3, 0.4) is 0 Å². The molecule has 1 amide bonds. The third-order valence-corrected chi connectivity index (χ3v) is 4.12. The monoisotopic (exact) mass is 270 g/mol. The van der Waals surface area contributed by atoms with E-state index in [1.54, 1.807) is 0 Å². The van der Waals surface area contributed by atoms with E-state index in [1.807, 2.05) is 0 Å². The van der Waals surface area contributed by atoms with Crippen molar-refractivity contribution in [3.05, 3.63) is 0 Å². The molecule has 0 aromatic heterocycles. The van der Waals surface area contributed by atoms with Crippen LogP contribution in [0.1, 0.15) is 32.1 Å². The number of aliphatic carboxylic acids is 1. The molecule has 0 radical (unpaired) electrons. The van der Waals surface area contributed by atoms with Crippen molar-refractivity contribution < 1.29 is 19.4 Å². The summed E-state index contributed by atoms with van der Waals surface area (Å²) < 4.78 is 5.18. The molecule has 2 rings (SSSR count). The summed E-state index contributed by atoms with van der Waals surface area (Å²) in [5.41, 5.74) is 5.81. The van der Waals surface area contributed by atoms with E-state index in [0.29, 0.717) is 19.6 Å². The van der Waals surface area contributed by atoms with Gasteiger partial charge in [-0.25, -0.2) is 0 Å². The smallest absolute Gasteiger partial charge is 0.308 e. The minimum absolute atomic E-state index is 0.164. The molecule has 4 atom stereocenters. The lowest BCUT2D eigenvalue weighted by Gasteiger charge is -2.25. The minimum atomic E-state index is -0.820. The Morgan fingerprint density at radius 3 is 2.47 bits per heavy atom. The van der Waals surface area contributed by atoms with Crippen LogP contribution in [0.2, 0.25) is 0 Å². The molecule has 0 aromatic carbocycles. The van der Waals surface area contributed by atoms with Crippen LogP contribution in [-0.2, 0) is 14.3 Å². The Morgan fingerprint density at radius 2 is 1.84 bits per heavy atom. The fraction of sp³-hybridized carbons (Fsp3) is 0.846. The Bertz CT molecular complexity index is 348. The Balaban J connectivity index is 1.98. The molecule has 0 spiro atoms. The molecular weight excluding hydrogens is 248 g/mol. The van der Waals surface area contributed by atoms with Crippen molar-refractivity contribution in [3.63, 3.8) is 0 Å². The molecule has 6 heteroatoms. The highest BCUT2D eigenvalue weighted by atomic mass is 16.5. The SMILES string of the molecule is NC1COCC1C(=O)NC1CCCCCC1C(=O)O. The third-order valence-electron chi connectivity index (χ3n) is 4.12. The number of nitrogens with one attached hydrogen (secondary N) is 1. The van der Waals surface area contributed by atoms with E-state index in [4.69, 9.17) is 10.5 Å². The number of carboxylic acids is 1. The topological polar surface area (TPSA) is 102 Å². The number of amides is 1. The van der Waals surface area contributed by atoms with E-state index >= 15 is 0 Å². The highest BCUT2D eigenvalue weighted by Crippen LogP contribution is 2.24. The van der Waals surface area contributed by atoms with Gasteiger partial charge < -0.3 is 20.9 Å². The van der Waals surface area contributed by atoms with E-state index < -0.39 is 11.9 Å². The van der Waals surface area contributed by atoms with Crippen LogP contribution >= 0.6 is 0 Å². The molecule has 1 saturated carbocycles. The zero-order valence-corrected chi connectivity index (χ0v) is 11.0. The van der Waals surface area contributed by atoms with Crippen LogP contribution in [0, 0.1) is 11.8 Å². The Hall–Kier alpha value is -1.14. The standard InChI is InChI=1S/C13H22N2O4/c14-10-7-19-6-9(10)12(16)15-11-5-3-1-2-4-8(11)13(17)18/h8-11H,1-7,14H2,(H,15,16)(H,17,18). The summed E-state index contributed by atoms with van der Waals surface area (Å²) in [5.74, 6) is -1.81. The normalized spacial score (nSPS) is 35.6. The van der Waals surface area contributed by atoms with Gasteiger partial charge in [-0.2, -0.15) is 0 Å². The van der Waals surface area contributed by atoms with E-state index in [9.17, 15) is 14.7 Å². The quantitative estimate of drug-likeness (QED) is 0.632. The molecular formula is C13H22N2O4. The van der Waals surface area contributed by atoms with Gasteiger partial charge in [0, 0.05) is 12.1 Å². The van der Waals surface area contributed by atoms with Gasteiger partial charge in [0.25, 0.3) is 0 Å². The molecule has 19 heavy (non-hydrogen) atoms. The van der Waals surface area contributed by atoms with Crippen LogP contribution in [0.4, 0.5) is 0 Å². The van der Waals surface area contributed by atoms with Crippen LogP contribution in [0.5, 0.6) is 0 Å².